The highest BCUT2D eigenvalue weighted by Gasteiger charge is 2.16. The van der Waals surface area contributed by atoms with Crippen LogP contribution in [0.2, 0.25) is 5.02 Å². The van der Waals surface area contributed by atoms with E-state index in [4.69, 9.17) is 16.3 Å². The van der Waals surface area contributed by atoms with Gasteiger partial charge in [0.05, 0.1) is 16.4 Å². The van der Waals surface area contributed by atoms with E-state index in [2.05, 4.69) is 20.6 Å². The second-order valence-corrected chi connectivity index (χ2v) is 6.32. The quantitative estimate of drug-likeness (QED) is 0.689. The number of anilines is 3. The molecule has 0 unspecified atom stereocenters. The molecule has 3 aromatic rings. The summed E-state index contributed by atoms with van der Waals surface area (Å²) < 4.78 is 18.9. The average Bonchev–Trinajstić information content (AvgIpc) is 3.11. The van der Waals surface area contributed by atoms with Gasteiger partial charge in [-0.25, -0.2) is 14.4 Å². The summed E-state index contributed by atoms with van der Waals surface area (Å²) in [6.07, 6.45) is 2.44. The van der Waals surface area contributed by atoms with Gasteiger partial charge in [-0.15, -0.1) is 0 Å². The van der Waals surface area contributed by atoms with Gasteiger partial charge in [0.25, 0.3) is 0 Å². The molecule has 0 radical (unpaired) electrons. The van der Waals surface area contributed by atoms with E-state index in [0.29, 0.717) is 10.8 Å². The highest BCUT2D eigenvalue weighted by atomic mass is 35.5. The van der Waals surface area contributed by atoms with Crippen molar-refractivity contribution in [2.45, 2.75) is 13.0 Å². The van der Waals surface area contributed by atoms with Gasteiger partial charge >= 0.3 is 0 Å². The molecule has 1 aliphatic heterocycles. The van der Waals surface area contributed by atoms with Crippen LogP contribution in [0.1, 0.15) is 11.3 Å². The van der Waals surface area contributed by atoms with Gasteiger partial charge in [0, 0.05) is 18.7 Å². The summed E-state index contributed by atoms with van der Waals surface area (Å²) in [6.45, 7) is 1.10. The first-order valence-corrected chi connectivity index (χ1v) is 8.58. The van der Waals surface area contributed by atoms with E-state index in [9.17, 15) is 4.39 Å². The number of nitrogens with zero attached hydrogens (tertiary/aromatic N) is 2. The molecule has 0 atom stereocenters. The lowest BCUT2D eigenvalue weighted by Gasteiger charge is -2.12. The summed E-state index contributed by atoms with van der Waals surface area (Å²) in [5.74, 6) is 0.965. The molecule has 2 heterocycles. The molecule has 0 amide bonds. The number of fused-ring (bicyclic) bond motifs is 1. The molecule has 26 heavy (non-hydrogen) atoms. The molecular formula is C19H16ClFN4O. The summed E-state index contributed by atoms with van der Waals surface area (Å²) in [6, 6.07) is 11.7. The Kier molecular flexibility index (Phi) is 4.58. The fourth-order valence-corrected chi connectivity index (χ4v) is 3.05. The van der Waals surface area contributed by atoms with Crippen LogP contribution in [0.15, 0.2) is 48.8 Å². The lowest BCUT2D eigenvalue weighted by molar-refractivity contribution is 0.306. The third-order valence-corrected chi connectivity index (χ3v) is 4.36. The Hall–Kier alpha value is -2.86. The number of nitrogens with one attached hydrogen (secondary N) is 2. The van der Waals surface area contributed by atoms with Crippen LogP contribution in [0.4, 0.5) is 21.6 Å². The van der Waals surface area contributed by atoms with Gasteiger partial charge in [-0.1, -0.05) is 23.7 Å². The van der Waals surface area contributed by atoms with Crippen molar-refractivity contribution >= 4 is 28.8 Å². The van der Waals surface area contributed by atoms with Crippen molar-refractivity contribution in [3.63, 3.8) is 0 Å². The molecule has 0 fully saturated rings. The Labute approximate surface area is 155 Å². The van der Waals surface area contributed by atoms with Crippen molar-refractivity contribution in [3.8, 4) is 5.75 Å². The molecule has 2 aromatic carbocycles. The summed E-state index contributed by atoms with van der Waals surface area (Å²) in [5, 5.41) is 7.00. The molecule has 0 aliphatic carbocycles. The first-order chi connectivity index (χ1) is 12.7. The average molecular weight is 371 g/mol. The van der Waals surface area contributed by atoms with E-state index in [1.165, 1.54) is 12.1 Å². The second-order valence-electron chi connectivity index (χ2n) is 5.91. The topological polar surface area (TPSA) is 59.1 Å². The van der Waals surface area contributed by atoms with E-state index in [-0.39, 0.29) is 12.4 Å². The molecular weight excluding hydrogens is 355 g/mol. The van der Waals surface area contributed by atoms with Crippen molar-refractivity contribution < 1.29 is 9.13 Å². The van der Waals surface area contributed by atoms with Crippen LogP contribution in [-0.2, 0) is 13.0 Å². The third kappa shape index (κ3) is 3.55. The van der Waals surface area contributed by atoms with Gasteiger partial charge in [0.15, 0.2) is 5.82 Å². The summed E-state index contributed by atoms with van der Waals surface area (Å²) in [7, 11) is 0. The molecule has 132 valence electrons. The van der Waals surface area contributed by atoms with E-state index in [1.807, 2.05) is 6.07 Å². The Morgan fingerprint density at radius 2 is 2.12 bits per heavy atom. The van der Waals surface area contributed by atoms with Crippen molar-refractivity contribution in [1.29, 1.82) is 0 Å². The normalized spacial score (nSPS) is 12.4. The van der Waals surface area contributed by atoms with Crippen molar-refractivity contribution in [1.82, 2.24) is 9.97 Å². The number of halogens is 2. The van der Waals surface area contributed by atoms with E-state index >= 15 is 0 Å². The number of aromatic nitrogens is 2. The fraction of sp³-hybridized carbons (Fsp3) is 0.158. The Morgan fingerprint density at radius 3 is 2.96 bits per heavy atom. The van der Waals surface area contributed by atoms with Crippen LogP contribution in [0, 0.1) is 5.82 Å². The summed E-state index contributed by atoms with van der Waals surface area (Å²) >= 11 is 6.32. The van der Waals surface area contributed by atoms with Gasteiger partial charge in [-0.3, -0.25) is 0 Å². The van der Waals surface area contributed by atoms with Gasteiger partial charge in [-0.2, -0.15) is 0 Å². The lowest BCUT2D eigenvalue weighted by Crippen LogP contribution is -2.01. The Balaban J connectivity index is 1.47. The van der Waals surface area contributed by atoms with E-state index in [1.54, 1.807) is 30.6 Å². The maximum atomic E-state index is 13.2. The molecule has 2 N–H and O–H groups in total. The number of hydrogen-bond donors (Lipinski definition) is 2. The number of hydrogen-bond acceptors (Lipinski definition) is 5. The second kappa shape index (κ2) is 7.17. The van der Waals surface area contributed by atoms with E-state index < -0.39 is 0 Å². The number of ether oxygens (including phenoxy) is 1. The zero-order valence-corrected chi connectivity index (χ0v) is 14.6. The van der Waals surface area contributed by atoms with Crippen LogP contribution in [0.5, 0.6) is 5.75 Å². The third-order valence-electron chi connectivity index (χ3n) is 4.07. The van der Waals surface area contributed by atoms with Crippen molar-refractivity contribution in [3.05, 3.63) is 70.9 Å². The van der Waals surface area contributed by atoms with Crippen LogP contribution in [0.25, 0.3) is 0 Å². The van der Waals surface area contributed by atoms with Crippen molar-refractivity contribution in [2.24, 2.45) is 0 Å². The fourth-order valence-electron chi connectivity index (χ4n) is 2.82. The molecule has 7 heteroatoms. The zero-order chi connectivity index (χ0) is 17.9. The van der Waals surface area contributed by atoms with Crippen LogP contribution >= 0.6 is 11.6 Å². The molecule has 0 saturated carbocycles. The van der Waals surface area contributed by atoms with Crippen LogP contribution < -0.4 is 15.4 Å². The summed E-state index contributed by atoms with van der Waals surface area (Å²) in [5.41, 5.74) is 3.47. The molecule has 4 rings (SSSR count). The van der Waals surface area contributed by atoms with Gasteiger partial charge in [0.1, 0.15) is 24.5 Å². The largest absolute Gasteiger partial charge is 0.487 e. The lowest BCUT2D eigenvalue weighted by atomic mass is 10.2. The molecule has 5 nitrogen and oxygen atoms in total. The first-order valence-electron chi connectivity index (χ1n) is 8.20. The van der Waals surface area contributed by atoms with Crippen LogP contribution in [0.3, 0.4) is 0 Å². The van der Waals surface area contributed by atoms with Crippen molar-refractivity contribution in [2.75, 3.05) is 17.2 Å². The van der Waals surface area contributed by atoms with Gasteiger partial charge in [-0.05, 0) is 35.9 Å². The Morgan fingerprint density at radius 1 is 1.19 bits per heavy atom. The predicted octanol–water partition coefficient (Wildman–Crippen LogP) is 4.56. The van der Waals surface area contributed by atoms with Gasteiger partial charge < -0.3 is 15.4 Å². The molecule has 1 aliphatic rings. The minimum atomic E-state index is -0.289. The standard InChI is InChI=1S/C19H16ClFN4O/c20-15-9-14(25-19-18-16(6-7-22-18)23-11-24-19)4-5-17(15)26-10-12-2-1-3-13(21)8-12/h1-5,8-9,11,22H,6-7,10H2,(H,23,24,25). The highest BCUT2D eigenvalue weighted by molar-refractivity contribution is 6.32. The predicted molar refractivity (Wildman–Crippen MR) is 99.7 cm³/mol. The zero-order valence-electron chi connectivity index (χ0n) is 13.8. The molecule has 0 bridgehead atoms. The minimum absolute atomic E-state index is 0.244. The Bertz CT molecular complexity index is 951. The smallest absolute Gasteiger partial charge is 0.157 e. The minimum Gasteiger partial charge on any atom is -0.487 e. The maximum Gasteiger partial charge on any atom is 0.157 e. The highest BCUT2D eigenvalue weighted by Crippen LogP contribution is 2.33. The number of rotatable bonds is 5. The first kappa shape index (κ1) is 16.6. The maximum absolute atomic E-state index is 13.2. The SMILES string of the molecule is Fc1cccc(COc2ccc(Nc3ncnc4c3NCC4)cc2Cl)c1. The molecule has 0 spiro atoms. The van der Waals surface area contributed by atoms with E-state index in [0.717, 1.165) is 41.4 Å². The van der Waals surface area contributed by atoms with Crippen LogP contribution in [-0.4, -0.2) is 16.5 Å². The number of benzene rings is 2. The monoisotopic (exact) mass is 370 g/mol. The summed E-state index contributed by atoms with van der Waals surface area (Å²) in [4.78, 5) is 8.55. The molecule has 0 saturated heterocycles. The van der Waals surface area contributed by atoms with Gasteiger partial charge in [0.2, 0.25) is 0 Å². The molecule has 1 aromatic heterocycles.